The summed E-state index contributed by atoms with van der Waals surface area (Å²) < 4.78 is 8.09. The molecule has 2 fully saturated rings. The lowest BCUT2D eigenvalue weighted by molar-refractivity contribution is 0.135. The van der Waals surface area contributed by atoms with Crippen molar-refractivity contribution in [2.75, 3.05) is 46.3 Å². The number of para-hydroxylation sites is 1. The Hall–Kier alpha value is -5.20. The van der Waals surface area contributed by atoms with Crippen LogP contribution in [0.15, 0.2) is 104 Å². The summed E-state index contributed by atoms with van der Waals surface area (Å²) in [5.41, 5.74) is 3.20. The van der Waals surface area contributed by atoms with Gasteiger partial charge in [-0.15, -0.1) is 0 Å². The van der Waals surface area contributed by atoms with Crippen LogP contribution in [-0.2, 0) is 0 Å². The van der Waals surface area contributed by atoms with Crippen LogP contribution in [-0.4, -0.2) is 108 Å². The predicted molar refractivity (Wildman–Crippen MR) is 217 cm³/mol. The smallest absolute Gasteiger partial charge is 0.410 e. The van der Waals surface area contributed by atoms with Gasteiger partial charge in [0.1, 0.15) is 18.4 Å². The molecule has 0 aliphatic carbocycles. The summed E-state index contributed by atoms with van der Waals surface area (Å²) in [6.45, 7) is 14.1. The highest BCUT2D eigenvalue weighted by Gasteiger charge is 2.26. The van der Waals surface area contributed by atoms with Crippen LogP contribution in [0.5, 0.6) is 5.75 Å². The SMILES string of the molecule is CCCN1CCC(CC)CC1.CCCN1CCC(N(C)C(=O)n2cnc(-c3cccnc3)c2)CC1.O=C(Oc1ccccc1)n1cnc(-c2cccnc2)c1. The standard InChI is InChI=1S/C18H25N5O.C15H11N3O2.C10H21N/c1-3-9-22-10-6-16(7-11-22)21(2)18(24)23-13-17(20-14-23)15-5-4-8-19-12-15;19-15(20-13-6-2-1-3-7-13)18-10-14(17-11-18)12-5-4-8-16-9-12;1-3-7-11-8-5-10(4-2)6-9-11/h4-5,8,12-14,16H,3,6-7,9-11H2,1-2H3;1-11H;10H,3-9H2,1-2H3. The van der Waals surface area contributed by atoms with Crippen molar-refractivity contribution in [3.05, 3.63) is 104 Å². The zero-order chi connectivity index (χ0) is 38.8. The lowest BCUT2D eigenvalue weighted by Crippen LogP contribution is -2.46. The number of pyridine rings is 2. The van der Waals surface area contributed by atoms with E-state index in [1.165, 1.54) is 62.6 Å². The van der Waals surface area contributed by atoms with Crippen molar-refractivity contribution in [3.8, 4) is 28.3 Å². The number of piperidine rings is 2. The number of carbonyl (C=O) groups is 2. The van der Waals surface area contributed by atoms with Crippen molar-refractivity contribution < 1.29 is 14.3 Å². The van der Waals surface area contributed by atoms with Crippen molar-refractivity contribution in [3.63, 3.8) is 0 Å². The summed E-state index contributed by atoms with van der Waals surface area (Å²) in [7, 11) is 1.90. The van der Waals surface area contributed by atoms with Gasteiger partial charge in [0.2, 0.25) is 0 Å². The summed E-state index contributed by atoms with van der Waals surface area (Å²) >= 11 is 0. The van der Waals surface area contributed by atoms with Crippen LogP contribution >= 0.6 is 0 Å². The lowest BCUT2D eigenvalue weighted by Gasteiger charge is -2.36. The molecule has 12 nitrogen and oxygen atoms in total. The van der Waals surface area contributed by atoms with Gasteiger partial charge in [-0.3, -0.25) is 14.5 Å². The molecule has 7 rings (SSSR count). The molecule has 0 radical (unpaired) electrons. The molecule has 2 saturated heterocycles. The molecule has 0 N–H and O–H groups in total. The monoisotopic (exact) mass is 747 g/mol. The van der Waals surface area contributed by atoms with E-state index < -0.39 is 6.09 Å². The van der Waals surface area contributed by atoms with E-state index in [2.05, 4.69) is 50.5 Å². The Balaban J connectivity index is 0.000000169. The van der Waals surface area contributed by atoms with Gasteiger partial charge in [-0.1, -0.05) is 45.4 Å². The molecule has 2 aliphatic rings. The molecule has 1 aromatic carbocycles. The van der Waals surface area contributed by atoms with Crippen LogP contribution in [0.1, 0.15) is 65.7 Å². The van der Waals surface area contributed by atoms with Crippen molar-refractivity contribution in [2.24, 2.45) is 5.92 Å². The molecule has 292 valence electrons. The van der Waals surface area contributed by atoms with Gasteiger partial charge in [-0.2, -0.15) is 0 Å². The van der Waals surface area contributed by atoms with E-state index in [0.717, 1.165) is 55.2 Å². The van der Waals surface area contributed by atoms with Gasteiger partial charge in [0.25, 0.3) is 0 Å². The van der Waals surface area contributed by atoms with E-state index in [-0.39, 0.29) is 6.03 Å². The summed E-state index contributed by atoms with van der Waals surface area (Å²) in [4.78, 5) is 48.2. The molecule has 0 bridgehead atoms. The first-order valence-corrected chi connectivity index (χ1v) is 19.8. The molecule has 1 amide bonds. The molecule has 2 aliphatic heterocycles. The van der Waals surface area contributed by atoms with Gasteiger partial charge >= 0.3 is 12.1 Å². The van der Waals surface area contributed by atoms with Crippen molar-refractivity contribution >= 4 is 12.1 Å². The second-order valence-corrected chi connectivity index (χ2v) is 14.2. The molecule has 0 unspecified atom stereocenters. The summed E-state index contributed by atoms with van der Waals surface area (Å²) in [6, 6.07) is 16.7. The first-order valence-electron chi connectivity index (χ1n) is 19.8. The van der Waals surface area contributed by atoms with Gasteiger partial charge in [0.05, 0.1) is 11.4 Å². The number of aromatic nitrogens is 6. The van der Waals surface area contributed by atoms with Gasteiger partial charge in [0, 0.05) is 74.5 Å². The normalized spacial score (nSPS) is 15.3. The molecular formula is C43H57N9O3. The van der Waals surface area contributed by atoms with Crippen LogP contribution in [0.25, 0.3) is 22.5 Å². The highest BCUT2D eigenvalue weighted by Crippen LogP contribution is 2.21. The van der Waals surface area contributed by atoms with Crippen LogP contribution in [0, 0.1) is 5.92 Å². The highest BCUT2D eigenvalue weighted by molar-refractivity contribution is 5.78. The second kappa shape index (κ2) is 21.6. The zero-order valence-electron chi connectivity index (χ0n) is 32.9. The lowest BCUT2D eigenvalue weighted by atomic mass is 9.94. The molecular weight excluding hydrogens is 691 g/mol. The first kappa shape index (κ1) is 41.0. The van der Waals surface area contributed by atoms with E-state index in [1.807, 2.05) is 42.3 Å². The Kier molecular flexibility index (Phi) is 16.1. The van der Waals surface area contributed by atoms with E-state index in [9.17, 15) is 9.59 Å². The van der Waals surface area contributed by atoms with E-state index in [0.29, 0.717) is 17.5 Å². The minimum atomic E-state index is -0.501. The third-order valence-electron chi connectivity index (χ3n) is 10.2. The fourth-order valence-corrected chi connectivity index (χ4v) is 6.94. The third-order valence-corrected chi connectivity index (χ3v) is 10.2. The molecule has 0 atom stereocenters. The molecule has 4 aromatic heterocycles. The van der Waals surface area contributed by atoms with Gasteiger partial charge in [-0.05, 0) is 107 Å². The van der Waals surface area contributed by atoms with E-state index in [4.69, 9.17) is 4.74 Å². The van der Waals surface area contributed by atoms with Crippen LogP contribution < -0.4 is 4.74 Å². The Morgan fingerprint density at radius 3 is 1.75 bits per heavy atom. The van der Waals surface area contributed by atoms with Crippen molar-refractivity contribution in [1.82, 2.24) is 43.8 Å². The maximum atomic E-state index is 12.7. The molecule has 12 heteroatoms. The number of rotatable bonds is 9. The van der Waals surface area contributed by atoms with Crippen molar-refractivity contribution in [1.29, 1.82) is 0 Å². The third kappa shape index (κ3) is 12.4. The number of likely N-dealkylation sites (tertiary alicyclic amines) is 2. The average Bonchev–Trinajstić information content (AvgIpc) is 3.95. The number of ether oxygens (including phenoxy) is 1. The Morgan fingerprint density at radius 1 is 0.709 bits per heavy atom. The Morgan fingerprint density at radius 2 is 1.24 bits per heavy atom. The Bertz CT molecular complexity index is 1830. The Labute approximate surface area is 326 Å². The number of nitrogens with zero attached hydrogens (tertiary/aromatic N) is 9. The highest BCUT2D eigenvalue weighted by atomic mass is 16.6. The molecule has 6 heterocycles. The van der Waals surface area contributed by atoms with Crippen LogP contribution in [0.4, 0.5) is 9.59 Å². The molecule has 0 saturated carbocycles. The fourth-order valence-electron chi connectivity index (χ4n) is 6.94. The largest absolute Gasteiger partial charge is 0.424 e. The molecule has 5 aromatic rings. The first-order chi connectivity index (χ1) is 26.9. The van der Waals surface area contributed by atoms with Gasteiger partial charge in [0.15, 0.2) is 0 Å². The van der Waals surface area contributed by atoms with E-state index in [1.54, 1.807) is 72.3 Å². The maximum absolute atomic E-state index is 12.7. The maximum Gasteiger partial charge on any atom is 0.424 e. The number of hydrogen-bond donors (Lipinski definition) is 0. The minimum absolute atomic E-state index is 0.0217. The van der Waals surface area contributed by atoms with Crippen molar-refractivity contribution in [2.45, 2.75) is 71.8 Å². The van der Waals surface area contributed by atoms with Gasteiger partial charge in [-0.25, -0.2) is 24.1 Å². The van der Waals surface area contributed by atoms with Crippen LogP contribution in [0.3, 0.4) is 0 Å². The number of imidazole rings is 2. The number of hydrogen-bond acceptors (Lipinski definition) is 9. The van der Waals surface area contributed by atoms with Crippen LogP contribution in [0.2, 0.25) is 0 Å². The zero-order valence-corrected chi connectivity index (χ0v) is 32.9. The summed E-state index contributed by atoms with van der Waals surface area (Å²) in [5, 5.41) is 0. The summed E-state index contributed by atoms with van der Waals surface area (Å²) in [6.07, 6.45) is 21.6. The number of benzene rings is 1. The fraction of sp³-hybridized carbons (Fsp3) is 0.442. The van der Waals surface area contributed by atoms with Gasteiger partial charge < -0.3 is 19.4 Å². The molecule has 0 spiro atoms. The number of amides is 1. The average molecular weight is 748 g/mol. The second-order valence-electron chi connectivity index (χ2n) is 14.2. The predicted octanol–water partition coefficient (Wildman–Crippen LogP) is 8.23. The quantitative estimate of drug-likeness (QED) is 0.147. The molecule has 55 heavy (non-hydrogen) atoms. The topological polar surface area (TPSA) is 115 Å². The van der Waals surface area contributed by atoms with E-state index >= 15 is 0 Å². The number of carbonyl (C=O) groups excluding carboxylic acids is 2. The summed E-state index contributed by atoms with van der Waals surface area (Å²) in [5.74, 6) is 1.53. The minimum Gasteiger partial charge on any atom is -0.410 e.